The van der Waals surface area contributed by atoms with Crippen LogP contribution in [-0.4, -0.2) is 81.8 Å². The highest BCUT2D eigenvalue weighted by atomic mass is 16.5. The zero-order chi connectivity index (χ0) is 48.6. The zero-order valence-electron chi connectivity index (χ0n) is 40.8. The molecule has 64 heavy (non-hydrogen) atoms. The van der Waals surface area contributed by atoms with E-state index in [9.17, 15) is 24.0 Å². The molecule has 1 saturated heterocycles. The lowest BCUT2D eigenvalue weighted by Gasteiger charge is -2.41. The molecule has 0 atom stereocenters. The summed E-state index contributed by atoms with van der Waals surface area (Å²) >= 11 is 0. The molecule has 0 bridgehead atoms. The number of ketones is 3. The first kappa shape index (κ1) is 56.1. The summed E-state index contributed by atoms with van der Waals surface area (Å²) < 4.78 is 5.10. The Morgan fingerprint density at radius 3 is 1.55 bits per heavy atom. The average Bonchev–Trinajstić information content (AvgIpc) is 4.09. The van der Waals surface area contributed by atoms with Crippen molar-refractivity contribution in [3.8, 4) is 0 Å². The molecule has 354 valence electrons. The van der Waals surface area contributed by atoms with Crippen molar-refractivity contribution >= 4 is 23.3 Å². The van der Waals surface area contributed by atoms with Gasteiger partial charge in [0.1, 0.15) is 0 Å². The number of nitrogens with one attached hydrogen (secondary N) is 7. The zero-order valence-corrected chi connectivity index (χ0v) is 40.8. The number of H-pyrrole nitrogens is 6. The number of hydrogen-bond acceptors (Lipinski definition) is 9. The van der Waals surface area contributed by atoms with Crippen molar-refractivity contribution in [3.05, 3.63) is 112 Å². The number of nitrogens with zero attached hydrogens (tertiary/aromatic N) is 3. The van der Waals surface area contributed by atoms with Crippen molar-refractivity contribution in [2.45, 2.75) is 128 Å². The smallest absolute Gasteiger partial charge is 0.323 e. The van der Waals surface area contributed by atoms with E-state index in [1.807, 2.05) is 80.0 Å². The van der Waals surface area contributed by atoms with Crippen LogP contribution < -0.4 is 11.0 Å². The molecule has 7 heterocycles. The highest BCUT2D eigenvalue weighted by molar-refractivity contribution is 6.03. The number of imidazole rings is 2. The molecule has 16 nitrogen and oxygen atoms in total. The maximum absolute atomic E-state index is 11.2. The second-order valence-corrected chi connectivity index (χ2v) is 18.0. The molecule has 2 aliphatic rings. The van der Waals surface area contributed by atoms with E-state index in [0.29, 0.717) is 46.5 Å². The number of Topliss-reactive ketones (excluding diaryl/α,β-unsaturated/α-hetero) is 3. The van der Waals surface area contributed by atoms with Crippen LogP contribution in [0.4, 0.5) is 0 Å². The minimum absolute atomic E-state index is 0.0100. The monoisotopic (exact) mass is 889 g/mol. The summed E-state index contributed by atoms with van der Waals surface area (Å²) in [5.74, 6) is 2.64. The molecular formula is C48H76N10O6. The summed E-state index contributed by atoms with van der Waals surface area (Å²) in [5, 5.41) is 15.4. The van der Waals surface area contributed by atoms with Crippen LogP contribution in [0.3, 0.4) is 0 Å². The first-order valence-electron chi connectivity index (χ1n) is 22.1. The second kappa shape index (κ2) is 28.7. The summed E-state index contributed by atoms with van der Waals surface area (Å²) in [7, 11) is 0. The van der Waals surface area contributed by atoms with Gasteiger partial charge in [-0.15, -0.1) is 0 Å². The standard InChI is InChI=1S/C8H11NO2.C8H11NO.C7H10N2O.C7H14O.C6H10N2O.2C6H10N2/c1-5(2)8(11)6-3-4-7(10)9-6;1-6(2)8(10)7-4-3-5-9-7;1-5(2)7(10)6-3-8-9-4-6;1-6(2)7(3)4-8-5-7;1-4(2)5-3-7-6(9)8-5;1-5(2)6-3-7-4-8-6;1-5(2)6-3-7-8-4-6/h3,5H,4H2,1-2H3,(H,9,10);3-6,9H,1-2H3;3-5H,1-2H3,(H,8,9);6H,4-5H2,1-3H3;3-4H,1-2H3,(H2,7,8,9);2*3-5H,1-2H3,(H,7,8). The lowest BCUT2D eigenvalue weighted by molar-refractivity contribution is -0.126. The summed E-state index contributed by atoms with van der Waals surface area (Å²) in [6.45, 7) is 32.5. The number of carbonyl (C=O) groups is 4. The summed E-state index contributed by atoms with van der Waals surface area (Å²) in [5.41, 5.74) is 5.63. The van der Waals surface area contributed by atoms with Crippen LogP contribution in [0.1, 0.15) is 166 Å². The number of allylic oxidation sites excluding steroid dienone is 1. The van der Waals surface area contributed by atoms with Gasteiger partial charge in [-0.25, -0.2) is 9.78 Å². The summed E-state index contributed by atoms with van der Waals surface area (Å²) in [4.78, 5) is 69.7. The lowest BCUT2D eigenvalue weighted by atomic mass is 9.78. The molecule has 7 rings (SSSR count). The van der Waals surface area contributed by atoms with E-state index in [1.54, 1.807) is 43.3 Å². The molecule has 0 aromatic carbocycles. The number of aromatic nitrogens is 9. The molecule has 1 amide bonds. The van der Waals surface area contributed by atoms with Gasteiger partial charge in [0, 0.05) is 72.0 Å². The number of ether oxygens (including phenoxy) is 1. The minimum atomic E-state index is -0.126. The van der Waals surface area contributed by atoms with Crippen LogP contribution in [0, 0.1) is 29.1 Å². The highest BCUT2D eigenvalue weighted by Gasteiger charge is 2.36. The first-order chi connectivity index (χ1) is 30.0. The predicted molar refractivity (Wildman–Crippen MR) is 253 cm³/mol. The Kier molecular flexibility index (Phi) is 25.2. The maximum atomic E-state index is 11.2. The van der Waals surface area contributed by atoms with E-state index in [-0.39, 0.29) is 46.7 Å². The van der Waals surface area contributed by atoms with Gasteiger partial charge in [-0.2, -0.15) is 10.2 Å². The third-order valence-electron chi connectivity index (χ3n) is 10.1. The van der Waals surface area contributed by atoms with Crippen LogP contribution in [0.25, 0.3) is 0 Å². The third-order valence-corrected chi connectivity index (χ3v) is 10.1. The number of aromatic amines is 6. The number of amides is 1. The molecule has 16 heteroatoms. The van der Waals surface area contributed by atoms with Crippen molar-refractivity contribution in [2.24, 2.45) is 29.1 Å². The van der Waals surface area contributed by atoms with Crippen LogP contribution in [0.5, 0.6) is 0 Å². The Balaban J connectivity index is 0.000000374. The number of hydrogen-bond donors (Lipinski definition) is 7. The van der Waals surface area contributed by atoms with Crippen LogP contribution in [0.2, 0.25) is 0 Å². The van der Waals surface area contributed by atoms with Crippen molar-refractivity contribution in [1.29, 1.82) is 0 Å². The van der Waals surface area contributed by atoms with Crippen molar-refractivity contribution in [2.75, 3.05) is 13.2 Å². The molecule has 5 aromatic heterocycles. The molecule has 0 unspecified atom stereocenters. The molecule has 5 aromatic rings. The molecular weight excluding hydrogens is 813 g/mol. The van der Waals surface area contributed by atoms with Gasteiger partial charge < -0.3 is 30.0 Å². The van der Waals surface area contributed by atoms with E-state index in [2.05, 4.69) is 99.1 Å². The maximum Gasteiger partial charge on any atom is 0.323 e. The molecule has 0 aliphatic carbocycles. The van der Waals surface area contributed by atoms with E-state index >= 15 is 0 Å². The van der Waals surface area contributed by atoms with Gasteiger partial charge in [0.15, 0.2) is 17.3 Å². The van der Waals surface area contributed by atoms with E-state index in [1.165, 1.54) is 11.3 Å². The van der Waals surface area contributed by atoms with Crippen molar-refractivity contribution in [1.82, 2.24) is 50.6 Å². The van der Waals surface area contributed by atoms with Crippen LogP contribution >= 0.6 is 0 Å². The second-order valence-electron chi connectivity index (χ2n) is 18.0. The lowest BCUT2D eigenvalue weighted by Crippen LogP contribution is -2.43. The molecule has 7 N–H and O–H groups in total. The summed E-state index contributed by atoms with van der Waals surface area (Å²) in [6, 6.07) is 3.62. The largest absolute Gasteiger partial charge is 0.380 e. The van der Waals surface area contributed by atoms with E-state index in [4.69, 9.17) is 4.74 Å². The molecule has 0 radical (unpaired) electrons. The number of rotatable bonds is 10. The van der Waals surface area contributed by atoms with Gasteiger partial charge in [-0.05, 0) is 47.4 Å². The molecule has 0 spiro atoms. The SMILES string of the molecule is CC(C)C(=O)C1=CCC(=O)N1.CC(C)C(=O)c1ccc[nH]1.CC(C)C(=O)c1cn[nH]c1.CC(C)C1(C)COC1.CC(C)c1c[nH]c(=O)[nH]1.CC(C)c1cn[nH]c1.CC(C)c1cnc[nH]1. The molecule has 0 saturated carbocycles. The fourth-order valence-electron chi connectivity index (χ4n) is 5.01. The van der Waals surface area contributed by atoms with E-state index in [0.717, 1.165) is 24.8 Å². The van der Waals surface area contributed by atoms with Gasteiger partial charge in [0.25, 0.3) is 0 Å². The fraction of sp³-hybridized carbons (Fsp3) is 0.542. The topological polar surface area (TPSA) is 240 Å². The Bertz CT molecular complexity index is 2010. The minimum Gasteiger partial charge on any atom is -0.380 e. The Morgan fingerprint density at radius 2 is 1.27 bits per heavy atom. The van der Waals surface area contributed by atoms with Crippen molar-refractivity contribution in [3.63, 3.8) is 0 Å². The predicted octanol–water partition coefficient (Wildman–Crippen LogP) is 9.29. The Morgan fingerprint density at radius 1 is 0.672 bits per heavy atom. The number of carbonyl (C=O) groups excluding carboxylic acids is 4. The third kappa shape index (κ3) is 21.0. The van der Waals surface area contributed by atoms with Gasteiger partial charge in [0.2, 0.25) is 5.91 Å². The highest BCUT2D eigenvalue weighted by Crippen LogP contribution is 2.34. The molecule has 2 aliphatic heterocycles. The summed E-state index contributed by atoms with van der Waals surface area (Å²) in [6.07, 6.45) is 15.9. The Hall–Kier alpha value is -5.90. The normalized spacial score (nSPS) is 13.3. The van der Waals surface area contributed by atoms with Crippen LogP contribution in [-0.2, 0) is 14.3 Å². The van der Waals surface area contributed by atoms with Gasteiger partial charge >= 0.3 is 5.69 Å². The fourth-order valence-corrected chi connectivity index (χ4v) is 5.01. The van der Waals surface area contributed by atoms with Gasteiger partial charge in [-0.3, -0.25) is 29.4 Å². The van der Waals surface area contributed by atoms with Crippen molar-refractivity contribution < 1.29 is 23.9 Å². The first-order valence-corrected chi connectivity index (χ1v) is 22.1. The van der Waals surface area contributed by atoms with E-state index < -0.39 is 0 Å². The molecule has 1 fully saturated rings. The van der Waals surface area contributed by atoms with Gasteiger partial charge in [0.05, 0.1) is 48.9 Å². The quantitative estimate of drug-likeness (QED) is 0.0660. The Labute approximate surface area is 379 Å². The van der Waals surface area contributed by atoms with Gasteiger partial charge in [-0.1, -0.05) is 104 Å². The van der Waals surface area contributed by atoms with Crippen LogP contribution in [0.15, 0.2) is 78.4 Å². The average molecular weight is 889 g/mol.